The number of ether oxygens (including phenoxy) is 1. The summed E-state index contributed by atoms with van der Waals surface area (Å²) in [7, 11) is 0. The van der Waals surface area contributed by atoms with Gasteiger partial charge in [0.25, 0.3) is 5.91 Å². The molecule has 3 rings (SSSR count). The molecule has 1 N–H and O–H groups in total. The van der Waals surface area contributed by atoms with Crippen LogP contribution in [0.5, 0.6) is 0 Å². The van der Waals surface area contributed by atoms with Crippen molar-refractivity contribution in [3.8, 4) is 0 Å². The lowest BCUT2D eigenvalue weighted by atomic mass is 10.2. The van der Waals surface area contributed by atoms with Crippen molar-refractivity contribution in [2.75, 3.05) is 36.5 Å². The number of halogens is 1. The van der Waals surface area contributed by atoms with Gasteiger partial charge in [0.1, 0.15) is 0 Å². The van der Waals surface area contributed by atoms with E-state index in [1.807, 2.05) is 6.92 Å². The number of amides is 1. The Morgan fingerprint density at radius 2 is 2.00 bits per heavy atom. The maximum Gasteiger partial charge on any atom is 0.276 e. The van der Waals surface area contributed by atoms with Gasteiger partial charge in [-0.1, -0.05) is 17.7 Å². The Balaban J connectivity index is 1.71. The largest absolute Gasteiger partial charge is 0.378 e. The van der Waals surface area contributed by atoms with Crippen LogP contribution in [0, 0.1) is 6.92 Å². The summed E-state index contributed by atoms with van der Waals surface area (Å²) < 4.78 is 5.31. The number of hydrogen-bond acceptors (Lipinski definition) is 5. The van der Waals surface area contributed by atoms with Crippen molar-refractivity contribution >= 4 is 29.0 Å². The molecule has 0 bridgehead atoms. The fourth-order valence-corrected chi connectivity index (χ4v) is 2.51. The van der Waals surface area contributed by atoms with Gasteiger partial charge in [-0.25, -0.2) is 0 Å². The van der Waals surface area contributed by atoms with Gasteiger partial charge in [-0.2, -0.15) is 0 Å². The summed E-state index contributed by atoms with van der Waals surface area (Å²) >= 11 is 6.06. The highest BCUT2D eigenvalue weighted by Crippen LogP contribution is 2.23. The van der Waals surface area contributed by atoms with E-state index in [9.17, 15) is 4.79 Å². The van der Waals surface area contributed by atoms with Gasteiger partial charge in [0.05, 0.1) is 13.2 Å². The highest BCUT2D eigenvalue weighted by Gasteiger charge is 2.15. The van der Waals surface area contributed by atoms with Crippen LogP contribution in [0.1, 0.15) is 16.1 Å². The first-order chi connectivity index (χ1) is 11.1. The molecule has 1 aromatic heterocycles. The van der Waals surface area contributed by atoms with E-state index in [2.05, 4.69) is 20.4 Å². The molecule has 6 nitrogen and oxygen atoms in total. The zero-order chi connectivity index (χ0) is 16.2. The normalized spacial score (nSPS) is 14.6. The van der Waals surface area contributed by atoms with Gasteiger partial charge in [0, 0.05) is 23.8 Å². The highest BCUT2D eigenvalue weighted by molar-refractivity contribution is 6.31. The molecule has 23 heavy (non-hydrogen) atoms. The maximum atomic E-state index is 12.3. The van der Waals surface area contributed by atoms with Crippen molar-refractivity contribution < 1.29 is 9.53 Å². The average molecular weight is 333 g/mol. The number of rotatable bonds is 3. The van der Waals surface area contributed by atoms with Gasteiger partial charge >= 0.3 is 0 Å². The van der Waals surface area contributed by atoms with E-state index in [0.29, 0.717) is 23.9 Å². The van der Waals surface area contributed by atoms with Crippen LogP contribution in [-0.4, -0.2) is 42.4 Å². The standard InChI is InChI=1S/C16H17ClN4O2/c1-11-12(17)3-2-4-13(11)18-16(22)14-5-6-15(20-19-14)21-7-9-23-10-8-21/h2-6H,7-10H2,1H3,(H,18,22). The van der Waals surface area contributed by atoms with E-state index in [4.69, 9.17) is 16.3 Å². The van der Waals surface area contributed by atoms with Crippen LogP contribution in [0.25, 0.3) is 0 Å². The third-order valence-corrected chi connectivity index (χ3v) is 4.14. The molecule has 2 aromatic rings. The molecule has 0 unspecified atom stereocenters. The molecular formula is C16H17ClN4O2. The predicted octanol–water partition coefficient (Wildman–Crippen LogP) is 2.53. The number of anilines is 2. The SMILES string of the molecule is Cc1c(Cl)cccc1NC(=O)c1ccc(N2CCOCC2)nn1. The van der Waals surface area contributed by atoms with Crippen LogP contribution in [0.3, 0.4) is 0 Å². The molecule has 0 spiro atoms. The van der Waals surface area contributed by atoms with E-state index in [-0.39, 0.29) is 11.6 Å². The summed E-state index contributed by atoms with van der Waals surface area (Å²) in [6.07, 6.45) is 0. The third-order valence-electron chi connectivity index (χ3n) is 3.73. The summed E-state index contributed by atoms with van der Waals surface area (Å²) in [4.78, 5) is 14.4. The number of benzene rings is 1. The van der Waals surface area contributed by atoms with Crippen LogP contribution in [0.15, 0.2) is 30.3 Å². The van der Waals surface area contributed by atoms with Crippen LogP contribution >= 0.6 is 11.6 Å². The molecule has 1 aromatic carbocycles. The summed E-state index contributed by atoms with van der Waals surface area (Å²) in [6, 6.07) is 8.85. The Bertz CT molecular complexity index is 700. The topological polar surface area (TPSA) is 67.4 Å². The molecule has 1 saturated heterocycles. The molecule has 7 heteroatoms. The molecule has 0 atom stereocenters. The van der Waals surface area contributed by atoms with Gasteiger partial charge < -0.3 is 15.0 Å². The lowest BCUT2D eigenvalue weighted by Crippen LogP contribution is -2.37. The number of hydrogen-bond donors (Lipinski definition) is 1. The highest BCUT2D eigenvalue weighted by atomic mass is 35.5. The Morgan fingerprint density at radius 1 is 1.22 bits per heavy atom. The Morgan fingerprint density at radius 3 is 2.70 bits per heavy atom. The zero-order valence-corrected chi connectivity index (χ0v) is 13.5. The third kappa shape index (κ3) is 3.60. The molecule has 0 radical (unpaired) electrons. The number of carbonyl (C=O) groups excluding carboxylic acids is 1. The lowest BCUT2D eigenvalue weighted by Gasteiger charge is -2.27. The van der Waals surface area contributed by atoms with Crippen molar-refractivity contribution in [1.29, 1.82) is 0 Å². The first-order valence-corrected chi connectivity index (χ1v) is 7.76. The van der Waals surface area contributed by atoms with Gasteiger partial charge in [0.15, 0.2) is 11.5 Å². The van der Waals surface area contributed by atoms with Crippen molar-refractivity contribution in [3.63, 3.8) is 0 Å². The number of aromatic nitrogens is 2. The van der Waals surface area contributed by atoms with Crippen molar-refractivity contribution in [3.05, 3.63) is 46.6 Å². The second kappa shape index (κ2) is 6.93. The summed E-state index contributed by atoms with van der Waals surface area (Å²) in [5, 5.41) is 11.6. The van der Waals surface area contributed by atoms with E-state index in [0.717, 1.165) is 24.5 Å². The molecule has 0 aliphatic carbocycles. The Hall–Kier alpha value is -2.18. The quantitative estimate of drug-likeness (QED) is 0.935. The summed E-state index contributed by atoms with van der Waals surface area (Å²) in [6.45, 7) is 4.77. The van der Waals surface area contributed by atoms with E-state index in [1.165, 1.54) is 0 Å². The van der Waals surface area contributed by atoms with Crippen molar-refractivity contribution in [2.45, 2.75) is 6.92 Å². The minimum absolute atomic E-state index is 0.265. The molecule has 1 aliphatic heterocycles. The second-order valence-corrected chi connectivity index (χ2v) is 5.65. The summed E-state index contributed by atoms with van der Waals surface area (Å²) in [5.41, 5.74) is 1.75. The molecule has 1 fully saturated rings. The minimum atomic E-state index is -0.309. The van der Waals surface area contributed by atoms with Crippen LogP contribution in [0.4, 0.5) is 11.5 Å². The van der Waals surface area contributed by atoms with E-state index in [1.54, 1.807) is 30.3 Å². The number of morpholine rings is 1. The molecule has 2 heterocycles. The monoisotopic (exact) mass is 332 g/mol. The molecule has 0 saturated carbocycles. The molecule has 1 amide bonds. The van der Waals surface area contributed by atoms with E-state index >= 15 is 0 Å². The molecular weight excluding hydrogens is 316 g/mol. The van der Waals surface area contributed by atoms with Crippen molar-refractivity contribution in [2.24, 2.45) is 0 Å². The second-order valence-electron chi connectivity index (χ2n) is 5.24. The Kier molecular flexibility index (Phi) is 4.73. The summed E-state index contributed by atoms with van der Waals surface area (Å²) in [5.74, 6) is 0.445. The first-order valence-electron chi connectivity index (χ1n) is 7.38. The molecule has 120 valence electrons. The van der Waals surface area contributed by atoms with Gasteiger partial charge in [-0.3, -0.25) is 4.79 Å². The zero-order valence-electron chi connectivity index (χ0n) is 12.8. The van der Waals surface area contributed by atoms with Crippen LogP contribution < -0.4 is 10.2 Å². The van der Waals surface area contributed by atoms with Crippen LogP contribution in [0.2, 0.25) is 5.02 Å². The Labute approximate surface area is 139 Å². The first kappa shape index (κ1) is 15.7. The smallest absolute Gasteiger partial charge is 0.276 e. The number of nitrogens with one attached hydrogen (secondary N) is 1. The maximum absolute atomic E-state index is 12.3. The fraction of sp³-hybridized carbons (Fsp3) is 0.312. The molecule has 1 aliphatic rings. The number of nitrogens with zero attached hydrogens (tertiary/aromatic N) is 3. The number of carbonyl (C=O) groups is 1. The van der Waals surface area contributed by atoms with Gasteiger partial charge in [-0.05, 0) is 36.8 Å². The fourth-order valence-electron chi connectivity index (χ4n) is 2.34. The predicted molar refractivity (Wildman–Crippen MR) is 89.2 cm³/mol. The van der Waals surface area contributed by atoms with Crippen LogP contribution in [-0.2, 0) is 4.74 Å². The van der Waals surface area contributed by atoms with Gasteiger partial charge in [0.2, 0.25) is 0 Å². The van der Waals surface area contributed by atoms with Gasteiger partial charge in [-0.15, -0.1) is 10.2 Å². The van der Waals surface area contributed by atoms with Crippen molar-refractivity contribution in [1.82, 2.24) is 10.2 Å². The average Bonchev–Trinajstić information content (AvgIpc) is 2.60. The minimum Gasteiger partial charge on any atom is -0.378 e. The van der Waals surface area contributed by atoms with E-state index < -0.39 is 0 Å². The lowest BCUT2D eigenvalue weighted by molar-refractivity contribution is 0.102.